The maximum absolute atomic E-state index is 13.2. The number of hydrogen-bond donors (Lipinski definition) is 1. The molecule has 1 aromatic heterocycles. The Morgan fingerprint density at radius 3 is 2.88 bits per heavy atom. The Bertz CT molecular complexity index is 599. The van der Waals surface area contributed by atoms with E-state index in [0.29, 0.717) is 16.8 Å². The van der Waals surface area contributed by atoms with Crippen molar-refractivity contribution in [2.75, 3.05) is 0 Å². The SMILES string of the molecule is O=C(O)c1cn(CC2CC2)c2cc(F)ccc12. The number of aromatic nitrogens is 1. The molecule has 1 N–H and O–H groups in total. The lowest BCUT2D eigenvalue weighted by Crippen LogP contribution is -1.98. The Kier molecular flexibility index (Phi) is 2.18. The number of rotatable bonds is 3. The summed E-state index contributed by atoms with van der Waals surface area (Å²) in [6.45, 7) is 0.785. The molecule has 0 unspecified atom stereocenters. The van der Waals surface area contributed by atoms with Gasteiger partial charge in [-0.25, -0.2) is 9.18 Å². The van der Waals surface area contributed by atoms with Gasteiger partial charge in [-0.2, -0.15) is 0 Å². The molecule has 0 aliphatic heterocycles. The van der Waals surface area contributed by atoms with E-state index >= 15 is 0 Å². The fourth-order valence-electron chi connectivity index (χ4n) is 2.17. The van der Waals surface area contributed by atoms with E-state index in [1.54, 1.807) is 6.20 Å². The van der Waals surface area contributed by atoms with Gasteiger partial charge in [0.2, 0.25) is 0 Å². The van der Waals surface area contributed by atoms with E-state index in [4.69, 9.17) is 5.11 Å². The average molecular weight is 233 g/mol. The average Bonchev–Trinajstić information content (AvgIpc) is 3.01. The highest BCUT2D eigenvalue weighted by atomic mass is 19.1. The summed E-state index contributed by atoms with van der Waals surface area (Å²) < 4.78 is 15.1. The molecule has 0 spiro atoms. The minimum atomic E-state index is -0.962. The fraction of sp³-hybridized carbons (Fsp3) is 0.308. The van der Waals surface area contributed by atoms with Crippen LogP contribution in [0.15, 0.2) is 24.4 Å². The molecule has 3 nitrogen and oxygen atoms in total. The van der Waals surface area contributed by atoms with E-state index in [0.717, 1.165) is 6.54 Å². The molecule has 3 rings (SSSR count). The Morgan fingerprint density at radius 1 is 1.47 bits per heavy atom. The molecule has 0 amide bonds. The summed E-state index contributed by atoms with van der Waals surface area (Å²) >= 11 is 0. The van der Waals surface area contributed by atoms with Crippen molar-refractivity contribution in [3.63, 3.8) is 0 Å². The van der Waals surface area contributed by atoms with Crippen LogP contribution >= 0.6 is 0 Å². The molecule has 4 heteroatoms. The number of carboxylic acids is 1. The number of hydrogen-bond acceptors (Lipinski definition) is 1. The Balaban J connectivity index is 2.18. The van der Waals surface area contributed by atoms with Crippen LogP contribution in [0.5, 0.6) is 0 Å². The maximum atomic E-state index is 13.2. The van der Waals surface area contributed by atoms with Gasteiger partial charge in [-0.1, -0.05) is 0 Å². The second kappa shape index (κ2) is 3.58. The van der Waals surface area contributed by atoms with Crippen molar-refractivity contribution in [1.29, 1.82) is 0 Å². The van der Waals surface area contributed by atoms with Gasteiger partial charge in [0.25, 0.3) is 0 Å². The molecule has 1 aromatic carbocycles. The predicted molar refractivity (Wildman–Crippen MR) is 61.6 cm³/mol. The molecule has 1 aliphatic rings. The number of halogens is 1. The number of carboxylic acid groups (broad SMARTS) is 1. The quantitative estimate of drug-likeness (QED) is 0.885. The molecule has 0 atom stereocenters. The molecule has 1 heterocycles. The smallest absolute Gasteiger partial charge is 0.337 e. The lowest BCUT2D eigenvalue weighted by atomic mass is 10.2. The van der Waals surface area contributed by atoms with Crippen LogP contribution < -0.4 is 0 Å². The van der Waals surface area contributed by atoms with Crippen LogP contribution in [-0.4, -0.2) is 15.6 Å². The first-order valence-corrected chi connectivity index (χ1v) is 5.67. The normalized spacial score (nSPS) is 15.4. The van der Waals surface area contributed by atoms with Gasteiger partial charge in [-0.05, 0) is 37.0 Å². The highest BCUT2D eigenvalue weighted by Gasteiger charge is 2.23. The van der Waals surface area contributed by atoms with E-state index < -0.39 is 5.97 Å². The largest absolute Gasteiger partial charge is 0.478 e. The summed E-state index contributed by atoms with van der Waals surface area (Å²) in [4.78, 5) is 11.1. The van der Waals surface area contributed by atoms with Crippen molar-refractivity contribution in [3.05, 3.63) is 35.8 Å². The second-order valence-corrected chi connectivity index (χ2v) is 4.61. The zero-order valence-corrected chi connectivity index (χ0v) is 9.19. The van der Waals surface area contributed by atoms with E-state index in [2.05, 4.69) is 0 Å². The minimum Gasteiger partial charge on any atom is -0.478 e. The van der Waals surface area contributed by atoms with E-state index in [9.17, 15) is 9.18 Å². The van der Waals surface area contributed by atoms with Crippen LogP contribution in [0.3, 0.4) is 0 Å². The fourth-order valence-corrected chi connectivity index (χ4v) is 2.17. The summed E-state index contributed by atoms with van der Waals surface area (Å²) in [6.07, 6.45) is 3.97. The van der Waals surface area contributed by atoms with Gasteiger partial charge in [0.1, 0.15) is 5.82 Å². The molecule has 0 bridgehead atoms. The maximum Gasteiger partial charge on any atom is 0.337 e. The first kappa shape index (κ1) is 10.3. The first-order chi connectivity index (χ1) is 8.15. The third kappa shape index (κ3) is 1.79. The number of aromatic carboxylic acids is 1. The lowest BCUT2D eigenvalue weighted by Gasteiger charge is -2.02. The summed E-state index contributed by atoms with van der Waals surface area (Å²) in [5.41, 5.74) is 0.926. The van der Waals surface area contributed by atoms with Crippen LogP contribution in [0, 0.1) is 11.7 Å². The monoisotopic (exact) mass is 233 g/mol. The van der Waals surface area contributed by atoms with Gasteiger partial charge in [0.15, 0.2) is 0 Å². The topological polar surface area (TPSA) is 42.2 Å². The Hall–Kier alpha value is -1.84. The highest BCUT2D eigenvalue weighted by molar-refractivity contribution is 6.03. The van der Waals surface area contributed by atoms with Crippen LogP contribution in [-0.2, 0) is 6.54 Å². The Labute approximate surface area is 97.5 Å². The summed E-state index contributed by atoms with van der Waals surface area (Å²) in [5, 5.41) is 9.72. The summed E-state index contributed by atoms with van der Waals surface area (Å²) in [5.74, 6) is -0.670. The molecule has 1 saturated carbocycles. The van der Waals surface area contributed by atoms with Crippen LogP contribution in [0.1, 0.15) is 23.2 Å². The lowest BCUT2D eigenvalue weighted by molar-refractivity contribution is 0.0698. The summed E-state index contributed by atoms with van der Waals surface area (Å²) in [7, 11) is 0. The van der Waals surface area contributed by atoms with Crippen molar-refractivity contribution >= 4 is 16.9 Å². The third-order valence-electron chi connectivity index (χ3n) is 3.23. The van der Waals surface area contributed by atoms with Crippen LogP contribution in [0.25, 0.3) is 10.9 Å². The van der Waals surface area contributed by atoms with Crippen molar-refractivity contribution in [1.82, 2.24) is 4.57 Å². The molecule has 2 aromatic rings. The zero-order chi connectivity index (χ0) is 12.0. The third-order valence-corrected chi connectivity index (χ3v) is 3.23. The molecule has 0 saturated heterocycles. The van der Waals surface area contributed by atoms with E-state index in [-0.39, 0.29) is 11.4 Å². The van der Waals surface area contributed by atoms with Gasteiger partial charge in [-0.15, -0.1) is 0 Å². The molecule has 1 fully saturated rings. The molecule has 17 heavy (non-hydrogen) atoms. The van der Waals surface area contributed by atoms with Crippen molar-refractivity contribution in [2.24, 2.45) is 5.92 Å². The number of benzene rings is 1. The van der Waals surface area contributed by atoms with Crippen LogP contribution in [0.4, 0.5) is 4.39 Å². The van der Waals surface area contributed by atoms with Gasteiger partial charge in [-0.3, -0.25) is 0 Å². The van der Waals surface area contributed by atoms with Crippen LogP contribution in [0.2, 0.25) is 0 Å². The minimum absolute atomic E-state index is 0.251. The molecule has 0 radical (unpaired) electrons. The van der Waals surface area contributed by atoms with Gasteiger partial charge >= 0.3 is 5.97 Å². The zero-order valence-electron chi connectivity index (χ0n) is 9.19. The standard InChI is InChI=1S/C13H12FNO2/c14-9-3-4-10-11(13(16)17)7-15(12(10)5-9)6-8-1-2-8/h3-5,7-8H,1-2,6H2,(H,16,17). The first-order valence-electron chi connectivity index (χ1n) is 5.67. The number of carbonyl (C=O) groups is 1. The Morgan fingerprint density at radius 2 is 2.24 bits per heavy atom. The van der Waals surface area contributed by atoms with Gasteiger partial charge in [0, 0.05) is 18.1 Å². The second-order valence-electron chi connectivity index (χ2n) is 4.61. The number of fused-ring (bicyclic) bond motifs is 1. The van der Waals surface area contributed by atoms with E-state index in [1.165, 1.54) is 31.0 Å². The van der Waals surface area contributed by atoms with Crippen molar-refractivity contribution in [3.8, 4) is 0 Å². The van der Waals surface area contributed by atoms with Gasteiger partial charge in [0.05, 0.1) is 11.1 Å². The highest BCUT2D eigenvalue weighted by Crippen LogP contribution is 2.33. The van der Waals surface area contributed by atoms with Gasteiger partial charge < -0.3 is 9.67 Å². The predicted octanol–water partition coefficient (Wildman–Crippen LogP) is 2.89. The molecule has 88 valence electrons. The number of nitrogens with zero attached hydrogens (tertiary/aromatic N) is 1. The molecular formula is C13H12FNO2. The van der Waals surface area contributed by atoms with Crippen molar-refractivity contribution < 1.29 is 14.3 Å². The van der Waals surface area contributed by atoms with E-state index in [1.807, 2.05) is 4.57 Å². The van der Waals surface area contributed by atoms with Crippen molar-refractivity contribution in [2.45, 2.75) is 19.4 Å². The molecule has 1 aliphatic carbocycles. The summed E-state index contributed by atoms with van der Waals surface area (Å²) in [6, 6.07) is 4.25. The molecular weight excluding hydrogens is 221 g/mol.